The first-order valence-corrected chi connectivity index (χ1v) is 7.75. The van der Waals surface area contributed by atoms with Crippen LogP contribution in [0.5, 0.6) is 0 Å². The number of likely N-dealkylation sites (tertiary alicyclic amines) is 1. The molecule has 1 aliphatic carbocycles. The predicted molar refractivity (Wildman–Crippen MR) is 74.1 cm³/mol. The van der Waals surface area contributed by atoms with E-state index in [1.165, 1.54) is 25.7 Å². The molecule has 1 heterocycles. The van der Waals surface area contributed by atoms with Gasteiger partial charge in [-0.05, 0) is 18.8 Å². The quantitative estimate of drug-likeness (QED) is 0.814. The van der Waals surface area contributed by atoms with E-state index in [9.17, 15) is 22.8 Å². The molecule has 1 aliphatic heterocycles. The lowest BCUT2D eigenvalue weighted by atomic mass is 10.0. The second kappa shape index (κ2) is 7.19. The Bertz CT molecular complexity index is 409. The van der Waals surface area contributed by atoms with E-state index < -0.39 is 30.7 Å². The van der Waals surface area contributed by atoms with Gasteiger partial charge in [0.25, 0.3) is 0 Å². The molecule has 5 nitrogen and oxygen atoms in total. The van der Waals surface area contributed by atoms with Crippen LogP contribution in [0.2, 0.25) is 0 Å². The smallest absolute Gasteiger partial charge is 0.338 e. The average molecular weight is 321 g/mol. The number of carbonyl (C=O) groups is 2. The number of alkyl halides is 3. The van der Waals surface area contributed by atoms with Crippen molar-refractivity contribution in [2.45, 2.75) is 50.7 Å². The van der Waals surface area contributed by atoms with E-state index in [0.717, 1.165) is 11.3 Å². The van der Waals surface area contributed by atoms with Crippen LogP contribution in [0, 0.1) is 5.92 Å². The van der Waals surface area contributed by atoms with Crippen molar-refractivity contribution in [3.8, 4) is 0 Å². The Kier molecular flexibility index (Phi) is 5.52. The molecule has 1 atom stereocenters. The summed E-state index contributed by atoms with van der Waals surface area (Å²) in [6.07, 6.45) is 1.57. The van der Waals surface area contributed by atoms with Crippen LogP contribution in [0.25, 0.3) is 0 Å². The molecule has 2 aliphatic rings. The number of hydrogen-bond acceptors (Lipinski definition) is 2. The number of urea groups is 1. The summed E-state index contributed by atoms with van der Waals surface area (Å²) in [6.45, 7) is -0.706. The Balaban J connectivity index is 1.67. The molecule has 22 heavy (non-hydrogen) atoms. The van der Waals surface area contributed by atoms with E-state index >= 15 is 0 Å². The van der Waals surface area contributed by atoms with Crippen LogP contribution in [0.1, 0.15) is 38.5 Å². The number of hydrogen-bond donors (Lipinski definition) is 2. The highest BCUT2D eigenvalue weighted by molar-refractivity contribution is 5.88. The molecule has 0 bridgehead atoms. The number of carbonyl (C=O) groups excluding carboxylic acids is 2. The number of amides is 3. The van der Waals surface area contributed by atoms with Gasteiger partial charge in [-0.3, -0.25) is 4.79 Å². The molecule has 1 saturated heterocycles. The predicted octanol–water partition coefficient (Wildman–Crippen LogP) is 2.03. The highest BCUT2D eigenvalue weighted by Crippen LogP contribution is 2.26. The minimum absolute atomic E-state index is 0.0192. The van der Waals surface area contributed by atoms with E-state index in [0.29, 0.717) is 12.5 Å². The lowest BCUT2D eigenvalue weighted by Crippen LogP contribution is -2.47. The summed E-state index contributed by atoms with van der Waals surface area (Å²) >= 11 is 0. The molecular weight excluding hydrogens is 299 g/mol. The van der Waals surface area contributed by atoms with Gasteiger partial charge >= 0.3 is 12.2 Å². The van der Waals surface area contributed by atoms with Crippen molar-refractivity contribution in [2.75, 3.05) is 19.6 Å². The van der Waals surface area contributed by atoms with Crippen LogP contribution in [0.3, 0.4) is 0 Å². The van der Waals surface area contributed by atoms with E-state index in [2.05, 4.69) is 10.6 Å². The van der Waals surface area contributed by atoms with Crippen LogP contribution in [0.15, 0.2) is 0 Å². The van der Waals surface area contributed by atoms with E-state index in [-0.39, 0.29) is 13.0 Å². The molecule has 2 N–H and O–H groups in total. The van der Waals surface area contributed by atoms with Gasteiger partial charge in [-0.2, -0.15) is 13.2 Å². The van der Waals surface area contributed by atoms with Gasteiger partial charge in [0.15, 0.2) is 0 Å². The Hall–Kier alpha value is -1.47. The second-order valence-corrected chi connectivity index (χ2v) is 6.06. The lowest BCUT2D eigenvalue weighted by Gasteiger charge is -2.19. The van der Waals surface area contributed by atoms with Crippen molar-refractivity contribution in [3.63, 3.8) is 0 Å². The zero-order valence-electron chi connectivity index (χ0n) is 12.4. The first-order chi connectivity index (χ1) is 10.3. The molecule has 0 aromatic heterocycles. The summed E-state index contributed by atoms with van der Waals surface area (Å²) in [5, 5.41) is 5.14. The fourth-order valence-electron chi connectivity index (χ4n) is 3.14. The number of nitrogens with zero attached hydrogens (tertiary/aromatic N) is 1. The van der Waals surface area contributed by atoms with Crippen molar-refractivity contribution in [1.82, 2.24) is 15.5 Å². The van der Waals surface area contributed by atoms with Gasteiger partial charge in [0, 0.05) is 13.1 Å². The van der Waals surface area contributed by atoms with Crippen molar-refractivity contribution in [3.05, 3.63) is 0 Å². The van der Waals surface area contributed by atoms with Crippen LogP contribution < -0.4 is 10.6 Å². The van der Waals surface area contributed by atoms with Gasteiger partial charge in [0.2, 0.25) is 5.91 Å². The molecule has 1 saturated carbocycles. The molecule has 0 aromatic rings. The van der Waals surface area contributed by atoms with Crippen LogP contribution in [-0.2, 0) is 4.79 Å². The second-order valence-electron chi connectivity index (χ2n) is 6.06. The lowest BCUT2D eigenvalue weighted by molar-refractivity contribution is -0.157. The molecule has 0 unspecified atom stereocenters. The topological polar surface area (TPSA) is 61.4 Å². The molecule has 0 aromatic carbocycles. The zero-order valence-corrected chi connectivity index (χ0v) is 12.4. The molecule has 2 fully saturated rings. The molecular formula is C14H22F3N3O2. The molecule has 8 heteroatoms. The third kappa shape index (κ3) is 5.06. The Morgan fingerprint density at radius 1 is 1.23 bits per heavy atom. The number of halogens is 3. The first kappa shape index (κ1) is 16.9. The van der Waals surface area contributed by atoms with Crippen LogP contribution in [-0.4, -0.2) is 48.7 Å². The maximum Gasteiger partial charge on any atom is 0.406 e. The van der Waals surface area contributed by atoms with Crippen molar-refractivity contribution >= 4 is 11.9 Å². The maximum atomic E-state index is 12.3. The third-order valence-corrected chi connectivity index (χ3v) is 4.29. The first-order valence-electron chi connectivity index (χ1n) is 7.75. The van der Waals surface area contributed by atoms with E-state index in [1.54, 1.807) is 0 Å². The summed E-state index contributed by atoms with van der Waals surface area (Å²) in [6, 6.07) is -1.33. The monoisotopic (exact) mass is 321 g/mol. The molecule has 126 valence electrons. The highest BCUT2D eigenvalue weighted by Gasteiger charge is 2.39. The van der Waals surface area contributed by atoms with Gasteiger partial charge in [-0.1, -0.05) is 25.7 Å². The Morgan fingerprint density at radius 2 is 1.91 bits per heavy atom. The van der Waals surface area contributed by atoms with Crippen molar-refractivity contribution in [2.24, 2.45) is 5.92 Å². The van der Waals surface area contributed by atoms with E-state index in [1.807, 2.05) is 0 Å². The highest BCUT2D eigenvalue weighted by atomic mass is 19.4. The van der Waals surface area contributed by atoms with Gasteiger partial charge in [0.05, 0.1) is 0 Å². The number of rotatable bonds is 5. The fraction of sp³-hybridized carbons (Fsp3) is 0.857. The van der Waals surface area contributed by atoms with E-state index in [4.69, 9.17) is 0 Å². The minimum atomic E-state index is -4.41. The number of nitrogens with one attached hydrogen (secondary N) is 2. The van der Waals surface area contributed by atoms with Crippen molar-refractivity contribution < 1.29 is 22.8 Å². The maximum absolute atomic E-state index is 12.3. The Morgan fingerprint density at radius 3 is 2.55 bits per heavy atom. The normalized spacial score (nSPS) is 23.1. The standard InChI is InChI=1S/C14H22F3N3O2/c15-14(16,17)9-20-8-6-11(12(20)21)19-13(22)18-7-5-10-3-1-2-4-10/h10-11H,1-9H2,(H2,18,19,22)/t11-/m0/s1. The minimum Gasteiger partial charge on any atom is -0.338 e. The van der Waals surface area contributed by atoms with Crippen LogP contribution >= 0.6 is 0 Å². The van der Waals surface area contributed by atoms with Gasteiger partial charge in [0.1, 0.15) is 12.6 Å². The van der Waals surface area contributed by atoms with Gasteiger partial charge < -0.3 is 15.5 Å². The van der Waals surface area contributed by atoms with Gasteiger partial charge in [-0.25, -0.2) is 4.79 Å². The summed E-state index contributed by atoms with van der Waals surface area (Å²) in [5.74, 6) is -0.0149. The van der Waals surface area contributed by atoms with Gasteiger partial charge in [-0.15, -0.1) is 0 Å². The zero-order chi connectivity index (χ0) is 16.2. The average Bonchev–Trinajstić information content (AvgIpc) is 3.02. The van der Waals surface area contributed by atoms with Crippen LogP contribution in [0.4, 0.5) is 18.0 Å². The molecule has 0 radical (unpaired) electrons. The molecule has 2 rings (SSSR count). The summed E-state index contributed by atoms with van der Waals surface area (Å²) in [4.78, 5) is 24.2. The summed E-state index contributed by atoms with van der Waals surface area (Å²) < 4.78 is 36.9. The summed E-state index contributed by atoms with van der Waals surface area (Å²) in [5.41, 5.74) is 0. The fourth-order valence-corrected chi connectivity index (χ4v) is 3.14. The third-order valence-electron chi connectivity index (χ3n) is 4.29. The Labute approximate surface area is 127 Å². The van der Waals surface area contributed by atoms with Crippen molar-refractivity contribution in [1.29, 1.82) is 0 Å². The molecule has 0 spiro atoms. The SMILES string of the molecule is O=C(NCCC1CCCC1)N[C@H]1CCN(CC(F)(F)F)C1=O. The summed E-state index contributed by atoms with van der Waals surface area (Å²) in [7, 11) is 0. The molecule has 3 amide bonds. The largest absolute Gasteiger partial charge is 0.406 e.